The van der Waals surface area contributed by atoms with Crippen molar-refractivity contribution in [3.05, 3.63) is 24.3 Å². The molecule has 1 aliphatic rings. The van der Waals surface area contributed by atoms with Crippen LogP contribution in [0, 0.1) is 0 Å². The Kier molecular flexibility index (Phi) is 7.56. The summed E-state index contributed by atoms with van der Waals surface area (Å²) in [5.74, 6) is 0. The van der Waals surface area contributed by atoms with Gasteiger partial charge in [-0.2, -0.15) is 0 Å². The van der Waals surface area contributed by atoms with Crippen molar-refractivity contribution >= 4 is 0 Å². The van der Waals surface area contributed by atoms with E-state index in [0.29, 0.717) is 10.2 Å². The zero-order valence-electron chi connectivity index (χ0n) is 14.1. The Morgan fingerprint density at radius 2 is 1.30 bits per heavy atom. The van der Waals surface area contributed by atoms with Crippen molar-refractivity contribution in [3.8, 4) is 0 Å². The normalized spacial score (nSPS) is 16.1. The number of nitrogens with zero attached hydrogens (tertiary/aromatic N) is 3. The van der Waals surface area contributed by atoms with Gasteiger partial charge in [-0.15, -0.1) is 0 Å². The van der Waals surface area contributed by atoms with Crippen molar-refractivity contribution in [2.45, 2.75) is 51.7 Å². The van der Waals surface area contributed by atoms with Crippen LogP contribution in [0.2, 0.25) is 4.14 Å². The molecule has 0 heterocycles. The van der Waals surface area contributed by atoms with E-state index in [9.17, 15) is 0 Å². The molecule has 0 saturated carbocycles. The summed E-state index contributed by atoms with van der Waals surface area (Å²) < 4.78 is 11.4. The summed E-state index contributed by atoms with van der Waals surface area (Å²) in [5.41, 5.74) is 0. The van der Waals surface area contributed by atoms with E-state index in [-0.39, 0.29) is 0 Å². The Morgan fingerprint density at radius 1 is 0.900 bits per heavy atom. The van der Waals surface area contributed by atoms with Crippen LogP contribution < -0.4 is 0 Å². The Bertz CT molecular complexity index is 363. The van der Waals surface area contributed by atoms with Crippen LogP contribution in [0.25, 0.3) is 0 Å². The van der Waals surface area contributed by atoms with Crippen LogP contribution in [-0.2, 0) is 17.5 Å². The first kappa shape index (κ1) is 18.0. The van der Waals surface area contributed by atoms with Gasteiger partial charge in [-0.3, -0.25) is 0 Å². The second-order valence-electron chi connectivity index (χ2n) is 5.36. The predicted molar refractivity (Wildman–Crippen MR) is 85.4 cm³/mol. The summed E-state index contributed by atoms with van der Waals surface area (Å²) in [6.07, 6.45) is 9.18. The maximum atomic E-state index is 5.42. The fourth-order valence-corrected chi connectivity index (χ4v) is 14.3. The van der Waals surface area contributed by atoms with Crippen molar-refractivity contribution < 1.29 is 17.5 Å². The first-order chi connectivity index (χ1) is 9.56. The van der Waals surface area contributed by atoms with Gasteiger partial charge in [0.05, 0.1) is 0 Å². The molecule has 116 valence electrons. The summed E-state index contributed by atoms with van der Waals surface area (Å²) in [4.78, 5) is 0. The molecule has 4 heteroatoms. The van der Waals surface area contributed by atoms with Gasteiger partial charge in [0, 0.05) is 0 Å². The van der Waals surface area contributed by atoms with Crippen LogP contribution in [0.15, 0.2) is 27.6 Å². The van der Waals surface area contributed by atoms with Gasteiger partial charge in [0.25, 0.3) is 0 Å². The summed E-state index contributed by atoms with van der Waals surface area (Å²) in [7, 11) is 0. The number of rotatable bonds is 8. The van der Waals surface area contributed by atoms with E-state index in [1.165, 1.54) is 0 Å². The minimum absolute atomic E-state index is 0.407. The van der Waals surface area contributed by atoms with Crippen LogP contribution in [0.5, 0.6) is 0 Å². The van der Waals surface area contributed by atoms with Gasteiger partial charge in [-0.25, -0.2) is 0 Å². The first-order valence-electron chi connectivity index (χ1n) is 8.03. The molecule has 0 aromatic rings. The SMILES string of the molecule is CC[N](CC)[Nb](=[N]C(C)C)([CH]1C=CC=C1)[N](CC)CC. The molecular formula is C16H32N3Nb. The zero-order valence-corrected chi connectivity index (χ0v) is 16.3. The van der Waals surface area contributed by atoms with Gasteiger partial charge in [0.1, 0.15) is 0 Å². The first-order valence-corrected chi connectivity index (χ1v) is 12.3. The van der Waals surface area contributed by atoms with E-state index in [1.807, 2.05) is 0 Å². The van der Waals surface area contributed by atoms with Gasteiger partial charge in [0.2, 0.25) is 0 Å². The third-order valence-electron chi connectivity index (χ3n) is 3.82. The van der Waals surface area contributed by atoms with Crippen molar-refractivity contribution in [2.75, 3.05) is 26.2 Å². The number of hydrogen-bond donors (Lipinski definition) is 0. The molecule has 0 fully saturated rings. The quantitative estimate of drug-likeness (QED) is 0.606. The number of hydrogen-bond acceptors (Lipinski definition) is 1. The molecule has 1 rings (SSSR count). The second kappa shape index (κ2) is 8.40. The molecule has 0 spiro atoms. The fraction of sp³-hybridized carbons (Fsp3) is 0.750. The maximum absolute atomic E-state index is 5.42. The van der Waals surface area contributed by atoms with Gasteiger partial charge in [-0.1, -0.05) is 0 Å². The standard InChI is InChI=1S/C5H5.2C4H10N.C3H7N.Nb/c1-2-4-5-3-1;2*1-3-5-4-2;1-3(2)4;/h1-5H;2*3-4H2,1-2H3;3H,1-2H3;/q;2*-1;;+2. The minimum atomic E-state index is -2.87. The van der Waals surface area contributed by atoms with Crippen molar-refractivity contribution in [1.82, 2.24) is 6.61 Å². The van der Waals surface area contributed by atoms with Crippen LogP contribution in [0.3, 0.4) is 0 Å². The van der Waals surface area contributed by atoms with E-state index >= 15 is 0 Å². The molecule has 20 heavy (non-hydrogen) atoms. The molecule has 0 N–H and O–H groups in total. The van der Waals surface area contributed by atoms with Gasteiger partial charge in [-0.05, 0) is 0 Å². The third-order valence-corrected chi connectivity index (χ3v) is 15.5. The van der Waals surface area contributed by atoms with Crippen molar-refractivity contribution in [2.24, 2.45) is 3.34 Å². The summed E-state index contributed by atoms with van der Waals surface area (Å²) in [6, 6.07) is 0.407. The Morgan fingerprint density at radius 3 is 1.60 bits per heavy atom. The molecule has 0 unspecified atom stereocenters. The van der Waals surface area contributed by atoms with Crippen LogP contribution in [0.4, 0.5) is 0 Å². The average molecular weight is 359 g/mol. The summed E-state index contributed by atoms with van der Waals surface area (Å²) >= 11 is -2.87. The number of allylic oxidation sites excluding steroid dienone is 4. The van der Waals surface area contributed by atoms with Gasteiger partial charge in [0.15, 0.2) is 0 Å². The Balaban J connectivity index is 3.46. The van der Waals surface area contributed by atoms with E-state index < -0.39 is 17.5 Å². The molecule has 0 aromatic carbocycles. The molecule has 0 atom stereocenters. The summed E-state index contributed by atoms with van der Waals surface area (Å²) in [6.45, 7) is 18.0. The van der Waals surface area contributed by atoms with Crippen LogP contribution >= 0.6 is 0 Å². The molecule has 0 saturated heterocycles. The van der Waals surface area contributed by atoms with Gasteiger partial charge >= 0.3 is 130 Å². The molecule has 0 aromatic heterocycles. The Hall–Kier alpha value is -0.0597. The van der Waals surface area contributed by atoms with Crippen LogP contribution in [0.1, 0.15) is 41.5 Å². The monoisotopic (exact) mass is 359 g/mol. The zero-order chi connectivity index (χ0) is 15.2. The third kappa shape index (κ3) is 3.58. The summed E-state index contributed by atoms with van der Waals surface area (Å²) in [5, 5.41) is 0. The van der Waals surface area contributed by atoms with Crippen molar-refractivity contribution in [1.29, 1.82) is 0 Å². The molecular weight excluding hydrogens is 327 g/mol. The van der Waals surface area contributed by atoms with E-state index in [0.717, 1.165) is 26.2 Å². The van der Waals surface area contributed by atoms with Gasteiger partial charge < -0.3 is 0 Å². The van der Waals surface area contributed by atoms with Crippen molar-refractivity contribution in [3.63, 3.8) is 0 Å². The molecule has 0 aliphatic heterocycles. The molecule has 0 bridgehead atoms. The fourth-order valence-electron chi connectivity index (χ4n) is 3.05. The van der Waals surface area contributed by atoms with E-state index in [2.05, 4.69) is 72.5 Å². The molecule has 0 amide bonds. The molecule has 1 aliphatic carbocycles. The average Bonchev–Trinajstić information content (AvgIpc) is 2.94. The molecule has 3 nitrogen and oxygen atoms in total. The topological polar surface area (TPSA) is 18.8 Å². The van der Waals surface area contributed by atoms with E-state index in [4.69, 9.17) is 3.34 Å². The van der Waals surface area contributed by atoms with Crippen LogP contribution in [-0.4, -0.2) is 38.8 Å². The van der Waals surface area contributed by atoms with E-state index in [1.54, 1.807) is 0 Å². The Labute approximate surface area is 129 Å². The second-order valence-corrected chi connectivity index (χ2v) is 13.2. The predicted octanol–water partition coefficient (Wildman–Crippen LogP) is 4.16. The molecule has 0 radical (unpaired) electrons.